The van der Waals surface area contributed by atoms with Crippen LogP contribution in [-0.2, 0) is 5.41 Å². The van der Waals surface area contributed by atoms with E-state index in [9.17, 15) is 0 Å². The average molecular weight is 977 g/mol. The third-order valence-electron chi connectivity index (χ3n) is 17.2. The molecule has 0 saturated heterocycles. The van der Waals surface area contributed by atoms with Crippen LogP contribution in [0.3, 0.4) is 0 Å². The van der Waals surface area contributed by atoms with Crippen LogP contribution in [0.25, 0.3) is 78.0 Å². The minimum atomic E-state index is -0.545. The number of benzene rings is 10. The summed E-state index contributed by atoms with van der Waals surface area (Å²) in [7, 11) is 1.87. The molecule has 10 aromatic carbocycles. The van der Waals surface area contributed by atoms with Crippen LogP contribution in [0, 0.1) is 0 Å². The molecule has 2 aliphatic carbocycles. The summed E-state index contributed by atoms with van der Waals surface area (Å²) in [5.74, 6) is 0. The van der Waals surface area contributed by atoms with Gasteiger partial charge in [0.1, 0.15) is 0 Å². The van der Waals surface area contributed by atoms with E-state index in [1.54, 1.807) is 0 Å². The second-order valence-corrected chi connectivity index (χ2v) is 21.0. The first-order valence-corrected chi connectivity index (χ1v) is 26.9. The van der Waals surface area contributed by atoms with Crippen molar-refractivity contribution >= 4 is 63.6 Å². The summed E-state index contributed by atoms with van der Waals surface area (Å²) >= 11 is 0. The molecule has 11 aromatic rings. The third kappa shape index (κ3) is 6.78. The zero-order valence-corrected chi connectivity index (χ0v) is 43.0. The summed E-state index contributed by atoms with van der Waals surface area (Å²) in [6.45, 7) is 2.54. The van der Waals surface area contributed by atoms with Gasteiger partial charge in [-0.15, -0.1) is 0 Å². The molecule has 358 valence electrons. The second kappa shape index (κ2) is 17.9. The van der Waals surface area contributed by atoms with Crippen LogP contribution in [0.4, 0.5) is 0 Å². The maximum atomic E-state index is 5.28. The van der Waals surface area contributed by atoms with E-state index in [0.717, 1.165) is 33.5 Å². The molecule has 0 bridgehead atoms. The van der Waals surface area contributed by atoms with Gasteiger partial charge in [0, 0.05) is 25.0 Å². The first-order valence-electron chi connectivity index (χ1n) is 26.9. The molecule has 0 saturated carbocycles. The fraction of sp³-hybridized carbons (Fsp3) is 0.0411. The third-order valence-corrected chi connectivity index (χ3v) is 17.2. The lowest BCUT2D eigenvalue weighted by atomic mass is 9.38. The van der Waals surface area contributed by atoms with Gasteiger partial charge < -0.3 is 0 Å². The van der Waals surface area contributed by atoms with Crippen molar-refractivity contribution in [2.24, 2.45) is 4.99 Å². The highest BCUT2D eigenvalue weighted by Gasteiger charge is 2.52. The molecule has 4 heteroatoms. The number of allylic oxidation sites excluding steroid dienone is 4. The van der Waals surface area contributed by atoms with Crippen LogP contribution in [0.5, 0.6) is 0 Å². The van der Waals surface area contributed by atoms with E-state index < -0.39 is 5.41 Å². The zero-order valence-electron chi connectivity index (χ0n) is 43.0. The number of rotatable bonds is 8. The van der Waals surface area contributed by atoms with Crippen LogP contribution >= 0.6 is 0 Å². The van der Waals surface area contributed by atoms with E-state index in [-0.39, 0.29) is 13.4 Å². The molecule has 2 nitrogen and oxygen atoms in total. The summed E-state index contributed by atoms with van der Waals surface area (Å²) in [5.41, 5.74) is 32.1. The summed E-state index contributed by atoms with van der Waals surface area (Å²) < 4.78 is 0. The molecule has 0 amide bonds. The van der Waals surface area contributed by atoms with Crippen molar-refractivity contribution in [2.75, 3.05) is 7.05 Å². The Balaban J connectivity index is 0.826. The lowest BCUT2D eigenvalue weighted by Crippen LogP contribution is -2.50. The molecule has 0 radical (unpaired) electrons. The van der Waals surface area contributed by atoms with Gasteiger partial charge in [-0.2, -0.15) is 0 Å². The van der Waals surface area contributed by atoms with Crippen LogP contribution in [0.15, 0.2) is 266 Å². The Kier molecular flexibility index (Phi) is 10.5. The minimum absolute atomic E-state index is 0.135. The number of hydrogen-bond acceptors (Lipinski definition) is 2. The Labute approximate surface area is 451 Å². The number of pyridine rings is 1. The second-order valence-electron chi connectivity index (χ2n) is 21.0. The van der Waals surface area contributed by atoms with Gasteiger partial charge in [-0.3, -0.25) is 9.98 Å². The minimum Gasteiger partial charge on any atom is -0.296 e. The van der Waals surface area contributed by atoms with Gasteiger partial charge in [0.2, 0.25) is 13.4 Å². The molecule has 0 unspecified atom stereocenters. The molecule has 15 rings (SSSR count). The Morgan fingerprint density at radius 3 is 1.36 bits per heavy atom. The lowest BCUT2D eigenvalue weighted by Gasteiger charge is -2.31. The largest absolute Gasteiger partial charge is 0.296 e. The lowest BCUT2D eigenvalue weighted by molar-refractivity contribution is 0.793. The molecule has 1 aromatic heterocycles. The van der Waals surface area contributed by atoms with Crippen LogP contribution in [-0.4, -0.2) is 31.7 Å². The van der Waals surface area contributed by atoms with Crippen LogP contribution in [0.2, 0.25) is 0 Å². The van der Waals surface area contributed by atoms with Crippen molar-refractivity contribution in [2.45, 2.75) is 12.3 Å². The highest BCUT2D eigenvalue weighted by Crippen LogP contribution is 2.63. The maximum absolute atomic E-state index is 5.28. The Morgan fingerprint density at radius 1 is 0.390 bits per heavy atom. The highest BCUT2D eigenvalue weighted by atomic mass is 14.7. The predicted octanol–water partition coefficient (Wildman–Crippen LogP) is 12.9. The topological polar surface area (TPSA) is 25.2 Å². The Bertz CT molecular complexity index is 4190. The molecule has 0 fully saturated rings. The number of fused-ring (bicyclic) bond motifs is 16. The Morgan fingerprint density at radius 2 is 0.818 bits per heavy atom. The van der Waals surface area contributed by atoms with Crippen molar-refractivity contribution in [1.82, 2.24) is 4.98 Å². The van der Waals surface area contributed by atoms with Gasteiger partial charge in [0.25, 0.3) is 0 Å². The van der Waals surface area contributed by atoms with Gasteiger partial charge in [0.05, 0.1) is 11.1 Å². The smallest absolute Gasteiger partial charge is 0.243 e. The van der Waals surface area contributed by atoms with E-state index in [0.29, 0.717) is 0 Å². The van der Waals surface area contributed by atoms with Crippen molar-refractivity contribution in [1.29, 1.82) is 0 Å². The molecular formula is C73H50B2N2. The number of aliphatic imine (C=N–C) groups is 1. The van der Waals surface area contributed by atoms with Gasteiger partial charge in [-0.05, 0) is 125 Å². The van der Waals surface area contributed by atoms with Crippen LogP contribution in [0.1, 0.15) is 40.3 Å². The van der Waals surface area contributed by atoms with E-state index in [1.165, 1.54) is 111 Å². The maximum Gasteiger partial charge on any atom is 0.243 e. The quantitative estimate of drug-likeness (QED) is 0.0846. The summed E-state index contributed by atoms with van der Waals surface area (Å²) in [6.07, 6.45) is 8.65. The van der Waals surface area contributed by atoms with E-state index in [1.807, 2.05) is 13.3 Å². The van der Waals surface area contributed by atoms with Crippen molar-refractivity contribution in [3.05, 3.63) is 294 Å². The van der Waals surface area contributed by atoms with Crippen molar-refractivity contribution < 1.29 is 0 Å². The zero-order chi connectivity index (χ0) is 51.2. The SMILES string of the molecule is CN=C/C(=C\C=C(/C)c1ccccc1B1c2ccccc2-c2ccccc21)c1ccc2c(c1)C1(c3ccccc3-c3ccccc31)c1cc(-c3ccc(-c4ccccc4B4c5ccccc5-c5ccccc54)nc3)ccc1-2. The molecule has 77 heavy (non-hydrogen) atoms. The first-order chi connectivity index (χ1) is 38.1. The van der Waals surface area contributed by atoms with E-state index in [4.69, 9.17) is 4.98 Å². The molecule has 4 aliphatic rings. The average Bonchev–Trinajstić information content (AvgIpc) is 4.02. The highest BCUT2D eigenvalue weighted by molar-refractivity contribution is 7.00. The summed E-state index contributed by atoms with van der Waals surface area (Å²) in [6, 6.07) is 90.2. The van der Waals surface area contributed by atoms with Crippen LogP contribution < -0.4 is 32.8 Å². The van der Waals surface area contributed by atoms with Gasteiger partial charge >= 0.3 is 0 Å². The molecular weight excluding hydrogens is 926 g/mol. The predicted molar refractivity (Wildman–Crippen MR) is 327 cm³/mol. The molecule has 1 spiro atoms. The number of aromatic nitrogens is 1. The Hall–Kier alpha value is -9.37. The standard InChI is InChI=1S/C73H50B2N2/c1-47(52-19-5-13-29-66(52)74-67-30-14-6-22-57(67)58-23-7-15-31-68(58)74)35-36-50(45-76-2)48-37-40-55-56-41-38-49(44-65(56)73(64(55)43-48)62-27-11-3-20-53(62)54-21-4-12-28-63(54)73)51-39-42-72(77-46-51)61-26-10-18-34-71(61)75-69-32-16-8-24-59(69)60-25-9-17-33-70(60)75/h3-46H,1-2H3/b47-35+,50-36+,76-45?. The summed E-state index contributed by atoms with van der Waals surface area (Å²) in [5, 5.41) is 0. The fourth-order valence-corrected chi connectivity index (χ4v) is 14.0. The number of nitrogens with zero attached hydrogens (tertiary/aromatic N) is 2. The molecule has 0 atom stereocenters. The molecule has 0 N–H and O–H groups in total. The molecule has 3 heterocycles. The first kappa shape index (κ1) is 45.1. The van der Waals surface area contributed by atoms with Crippen molar-refractivity contribution in [3.63, 3.8) is 0 Å². The van der Waals surface area contributed by atoms with Gasteiger partial charge in [0.15, 0.2) is 0 Å². The van der Waals surface area contributed by atoms with E-state index in [2.05, 4.69) is 273 Å². The molecule has 2 aliphatic heterocycles. The normalized spacial score (nSPS) is 14.0. The monoisotopic (exact) mass is 976 g/mol. The fourth-order valence-electron chi connectivity index (χ4n) is 14.0. The van der Waals surface area contributed by atoms with Crippen molar-refractivity contribution in [3.8, 4) is 66.9 Å². The summed E-state index contributed by atoms with van der Waals surface area (Å²) in [4.78, 5) is 9.95. The van der Waals surface area contributed by atoms with E-state index >= 15 is 0 Å². The number of hydrogen-bond donors (Lipinski definition) is 0. The van der Waals surface area contributed by atoms with Gasteiger partial charge in [-0.1, -0.05) is 269 Å². The van der Waals surface area contributed by atoms with Gasteiger partial charge in [-0.25, -0.2) is 0 Å².